The van der Waals surface area contributed by atoms with E-state index in [9.17, 15) is 0 Å². The lowest BCUT2D eigenvalue weighted by atomic mass is 10.1. The van der Waals surface area contributed by atoms with Crippen LogP contribution in [-0.4, -0.2) is 25.8 Å². The summed E-state index contributed by atoms with van der Waals surface area (Å²) in [6.45, 7) is 2.80. The molecule has 1 saturated heterocycles. The lowest BCUT2D eigenvalue weighted by Gasteiger charge is -2.23. The maximum absolute atomic E-state index is 5.84. The summed E-state index contributed by atoms with van der Waals surface area (Å²) < 4.78 is 5.42. The van der Waals surface area contributed by atoms with E-state index in [0.29, 0.717) is 6.04 Å². The summed E-state index contributed by atoms with van der Waals surface area (Å²) in [5.74, 6) is 0. The molecule has 1 unspecified atom stereocenters. The molecule has 1 aliphatic rings. The molecule has 0 bridgehead atoms. The van der Waals surface area contributed by atoms with E-state index in [1.165, 1.54) is 18.4 Å². The summed E-state index contributed by atoms with van der Waals surface area (Å²) in [5.41, 5.74) is 1.33. The van der Waals surface area contributed by atoms with Gasteiger partial charge in [-0.25, -0.2) is 0 Å². The van der Waals surface area contributed by atoms with Crippen molar-refractivity contribution in [3.8, 4) is 0 Å². The van der Waals surface area contributed by atoms with Crippen LogP contribution >= 0.6 is 11.6 Å². The fraction of sp³-hybridized carbons (Fsp3) is 0.538. The predicted octanol–water partition coefficient (Wildman–Crippen LogP) is 2.65. The minimum Gasteiger partial charge on any atom is -0.380 e. The topological polar surface area (TPSA) is 21.3 Å². The van der Waals surface area contributed by atoms with Gasteiger partial charge in [-0.05, 0) is 43.5 Å². The molecule has 1 atom stereocenters. The van der Waals surface area contributed by atoms with E-state index >= 15 is 0 Å². The molecule has 0 spiro atoms. The molecule has 1 heterocycles. The van der Waals surface area contributed by atoms with Crippen LogP contribution in [0.4, 0.5) is 0 Å². The Labute approximate surface area is 102 Å². The molecular formula is C13H18ClNO. The summed E-state index contributed by atoms with van der Waals surface area (Å²) in [6, 6.07) is 8.60. The van der Waals surface area contributed by atoms with Gasteiger partial charge < -0.3 is 10.1 Å². The first-order valence-electron chi connectivity index (χ1n) is 5.90. The van der Waals surface area contributed by atoms with Crippen LogP contribution in [0.1, 0.15) is 18.4 Å². The number of benzene rings is 1. The SMILES string of the molecule is Clc1ccc(CCNC2CCCOC2)cc1. The highest BCUT2D eigenvalue weighted by Crippen LogP contribution is 2.10. The normalized spacial score (nSPS) is 20.9. The summed E-state index contributed by atoms with van der Waals surface area (Å²) in [7, 11) is 0. The zero-order valence-corrected chi connectivity index (χ0v) is 10.2. The van der Waals surface area contributed by atoms with Gasteiger partial charge in [-0.2, -0.15) is 0 Å². The third kappa shape index (κ3) is 3.78. The molecule has 1 aromatic rings. The van der Waals surface area contributed by atoms with Gasteiger partial charge in [0.05, 0.1) is 6.61 Å². The molecule has 0 radical (unpaired) electrons. The molecule has 1 fully saturated rings. The third-order valence-corrected chi connectivity index (χ3v) is 3.17. The van der Waals surface area contributed by atoms with Gasteiger partial charge in [-0.1, -0.05) is 23.7 Å². The van der Waals surface area contributed by atoms with E-state index < -0.39 is 0 Å². The summed E-state index contributed by atoms with van der Waals surface area (Å²) in [6.07, 6.45) is 3.47. The number of rotatable bonds is 4. The van der Waals surface area contributed by atoms with Gasteiger partial charge in [-0.3, -0.25) is 0 Å². The molecular weight excluding hydrogens is 222 g/mol. The van der Waals surface area contributed by atoms with Crippen LogP contribution in [0.25, 0.3) is 0 Å². The first-order valence-corrected chi connectivity index (χ1v) is 6.28. The Balaban J connectivity index is 1.69. The van der Waals surface area contributed by atoms with Crippen LogP contribution in [-0.2, 0) is 11.2 Å². The fourth-order valence-electron chi connectivity index (χ4n) is 1.97. The standard InChI is InChI=1S/C13H18ClNO/c14-12-5-3-11(4-6-12)7-8-15-13-2-1-9-16-10-13/h3-6,13,15H,1-2,7-10H2. The lowest BCUT2D eigenvalue weighted by Crippen LogP contribution is -2.37. The van der Waals surface area contributed by atoms with Crippen molar-refractivity contribution in [1.29, 1.82) is 0 Å². The summed E-state index contributed by atoms with van der Waals surface area (Å²) in [5, 5.41) is 4.33. The Bertz CT molecular complexity index is 306. The molecule has 88 valence electrons. The van der Waals surface area contributed by atoms with Crippen LogP contribution in [0.3, 0.4) is 0 Å². The van der Waals surface area contributed by atoms with Crippen molar-refractivity contribution in [2.75, 3.05) is 19.8 Å². The average molecular weight is 240 g/mol. The van der Waals surface area contributed by atoms with E-state index in [0.717, 1.165) is 31.2 Å². The second-order valence-electron chi connectivity index (χ2n) is 4.24. The second kappa shape index (κ2) is 6.24. The van der Waals surface area contributed by atoms with E-state index in [1.54, 1.807) is 0 Å². The molecule has 0 amide bonds. The van der Waals surface area contributed by atoms with Gasteiger partial charge in [0.25, 0.3) is 0 Å². The van der Waals surface area contributed by atoms with Crippen molar-refractivity contribution in [2.24, 2.45) is 0 Å². The third-order valence-electron chi connectivity index (χ3n) is 2.92. The van der Waals surface area contributed by atoms with Crippen LogP contribution in [0, 0.1) is 0 Å². The highest BCUT2D eigenvalue weighted by Gasteiger charge is 2.12. The molecule has 2 rings (SSSR count). The Morgan fingerprint density at radius 2 is 2.12 bits per heavy atom. The Kier molecular flexibility index (Phi) is 4.64. The number of nitrogens with one attached hydrogen (secondary N) is 1. The first-order chi connectivity index (χ1) is 7.84. The molecule has 1 aromatic carbocycles. The average Bonchev–Trinajstić information content (AvgIpc) is 2.33. The Hall–Kier alpha value is -0.570. The van der Waals surface area contributed by atoms with Crippen molar-refractivity contribution in [3.63, 3.8) is 0 Å². The minimum atomic E-state index is 0.543. The van der Waals surface area contributed by atoms with Gasteiger partial charge >= 0.3 is 0 Å². The number of halogens is 1. The van der Waals surface area contributed by atoms with E-state index in [2.05, 4.69) is 17.4 Å². The molecule has 16 heavy (non-hydrogen) atoms. The minimum absolute atomic E-state index is 0.543. The largest absolute Gasteiger partial charge is 0.380 e. The van der Waals surface area contributed by atoms with Gasteiger partial charge in [-0.15, -0.1) is 0 Å². The van der Waals surface area contributed by atoms with E-state index in [-0.39, 0.29) is 0 Å². The smallest absolute Gasteiger partial charge is 0.0619 e. The van der Waals surface area contributed by atoms with Crippen molar-refractivity contribution in [1.82, 2.24) is 5.32 Å². The molecule has 3 heteroatoms. The maximum Gasteiger partial charge on any atom is 0.0619 e. The molecule has 1 N–H and O–H groups in total. The number of ether oxygens (including phenoxy) is 1. The van der Waals surface area contributed by atoms with E-state index in [1.807, 2.05) is 12.1 Å². The Morgan fingerprint density at radius 3 is 2.81 bits per heavy atom. The molecule has 0 aliphatic carbocycles. The molecule has 2 nitrogen and oxygen atoms in total. The van der Waals surface area contributed by atoms with Crippen molar-refractivity contribution in [3.05, 3.63) is 34.9 Å². The molecule has 0 saturated carbocycles. The monoisotopic (exact) mass is 239 g/mol. The first kappa shape index (κ1) is 11.9. The fourth-order valence-corrected chi connectivity index (χ4v) is 2.10. The number of hydrogen-bond donors (Lipinski definition) is 1. The summed E-state index contributed by atoms with van der Waals surface area (Å²) >= 11 is 5.84. The van der Waals surface area contributed by atoms with Crippen molar-refractivity contribution in [2.45, 2.75) is 25.3 Å². The maximum atomic E-state index is 5.84. The highest BCUT2D eigenvalue weighted by atomic mass is 35.5. The second-order valence-corrected chi connectivity index (χ2v) is 4.68. The van der Waals surface area contributed by atoms with Crippen LogP contribution in [0.5, 0.6) is 0 Å². The zero-order valence-electron chi connectivity index (χ0n) is 9.42. The van der Waals surface area contributed by atoms with Crippen LogP contribution < -0.4 is 5.32 Å². The van der Waals surface area contributed by atoms with Crippen molar-refractivity contribution < 1.29 is 4.74 Å². The van der Waals surface area contributed by atoms with Gasteiger partial charge in [0.15, 0.2) is 0 Å². The van der Waals surface area contributed by atoms with Gasteiger partial charge in [0.2, 0.25) is 0 Å². The highest BCUT2D eigenvalue weighted by molar-refractivity contribution is 6.30. The van der Waals surface area contributed by atoms with E-state index in [4.69, 9.17) is 16.3 Å². The molecule has 0 aromatic heterocycles. The number of hydrogen-bond acceptors (Lipinski definition) is 2. The van der Waals surface area contributed by atoms with Crippen LogP contribution in [0.15, 0.2) is 24.3 Å². The quantitative estimate of drug-likeness (QED) is 0.872. The predicted molar refractivity (Wildman–Crippen MR) is 67.0 cm³/mol. The lowest BCUT2D eigenvalue weighted by molar-refractivity contribution is 0.0707. The van der Waals surface area contributed by atoms with Gasteiger partial charge in [0.1, 0.15) is 0 Å². The van der Waals surface area contributed by atoms with Crippen LogP contribution in [0.2, 0.25) is 5.02 Å². The molecule has 1 aliphatic heterocycles. The van der Waals surface area contributed by atoms with Gasteiger partial charge in [0, 0.05) is 17.7 Å². The zero-order chi connectivity index (χ0) is 11.2. The Morgan fingerprint density at radius 1 is 1.31 bits per heavy atom. The van der Waals surface area contributed by atoms with Crippen molar-refractivity contribution >= 4 is 11.6 Å². The summed E-state index contributed by atoms with van der Waals surface area (Å²) in [4.78, 5) is 0.